The van der Waals surface area contributed by atoms with Gasteiger partial charge in [0.25, 0.3) is 0 Å². The summed E-state index contributed by atoms with van der Waals surface area (Å²) in [4.78, 5) is 11.6. The second-order valence-electron chi connectivity index (χ2n) is 6.14. The highest BCUT2D eigenvalue weighted by Crippen LogP contribution is 2.34. The van der Waals surface area contributed by atoms with Gasteiger partial charge in [-0.15, -0.1) is 0 Å². The smallest absolute Gasteiger partial charge is 0.310 e. The molecule has 0 bridgehead atoms. The second kappa shape index (κ2) is 6.44. The molecule has 0 aliphatic heterocycles. The number of ether oxygens (including phenoxy) is 1. The van der Waals surface area contributed by atoms with Crippen LogP contribution in [0, 0.1) is 0 Å². The number of carbonyl (C=O) groups excluding carboxylic acids is 1. The summed E-state index contributed by atoms with van der Waals surface area (Å²) in [6, 6.07) is 18.2. The Labute approximate surface area is 146 Å². The van der Waals surface area contributed by atoms with Gasteiger partial charge in [0.1, 0.15) is 0 Å². The number of benzene rings is 3. The summed E-state index contributed by atoms with van der Waals surface area (Å²) in [6.45, 7) is 1.79. The lowest BCUT2D eigenvalue weighted by Gasteiger charge is -2.17. The zero-order valence-corrected chi connectivity index (χ0v) is 14.1. The fourth-order valence-electron chi connectivity index (χ4n) is 3.24. The fraction of sp³-hybridized carbons (Fsp3) is 0.136. The Hall–Kier alpha value is -3.07. The van der Waals surface area contributed by atoms with Gasteiger partial charge in [0.15, 0.2) is 5.75 Å². The van der Waals surface area contributed by atoms with Crippen LogP contribution in [0.25, 0.3) is 16.8 Å². The molecule has 0 heterocycles. The van der Waals surface area contributed by atoms with E-state index >= 15 is 0 Å². The first-order valence-electron chi connectivity index (χ1n) is 8.53. The van der Waals surface area contributed by atoms with E-state index in [0.29, 0.717) is 12.2 Å². The number of nitrogens with one attached hydrogen (secondary N) is 1. The molecule has 1 aliphatic rings. The average molecular weight is 329 g/mol. The quantitative estimate of drug-likeness (QED) is 0.509. The average Bonchev–Trinajstić information content (AvgIpc) is 2.63. The molecule has 0 aromatic heterocycles. The predicted molar refractivity (Wildman–Crippen MR) is 102 cm³/mol. The molecule has 0 radical (unpaired) electrons. The molecular weight excluding hydrogens is 310 g/mol. The van der Waals surface area contributed by atoms with Gasteiger partial charge in [-0.1, -0.05) is 49.4 Å². The third-order valence-electron chi connectivity index (χ3n) is 4.40. The van der Waals surface area contributed by atoms with Crippen molar-refractivity contribution in [3.8, 4) is 5.75 Å². The number of carbonyl (C=O) groups is 1. The highest BCUT2D eigenvalue weighted by molar-refractivity contribution is 5.97. The van der Waals surface area contributed by atoms with Crippen LogP contribution in [-0.2, 0) is 11.2 Å². The molecule has 3 aromatic rings. The van der Waals surface area contributed by atoms with Gasteiger partial charge in [-0.05, 0) is 52.6 Å². The number of anilines is 2. The van der Waals surface area contributed by atoms with Crippen molar-refractivity contribution in [2.75, 3.05) is 5.32 Å². The lowest BCUT2D eigenvalue weighted by atomic mass is 9.92. The third-order valence-corrected chi connectivity index (χ3v) is 4.40. The van der Waals surface area contributed by atoms with Crippen molar-refractivity contribution in [1.82, 2.24) is 0 Å². The molecule has 4 rings (SSSR count). The Morgan fingerprint density at radius 2 is 2.00 bits per heavy atom. The topological polar surface area (TPSA) is 38.3 Å². The zero-order chi connectivity index (χ0) is 17.2. The predicted octanol–water partition coefficient (Wildman–Crippen LogP) is 5.47. The maximum Gasteiger partial charge on any atom is 0.310 e. The molecule has 124 valence electrons. The van der Waals surface area contributed by atoms with E-state index < -0.39 is 0 Å². The summed E-state index contributed by atoms with van der Waals surface area (Å²) in [5, 5.41) is 5.94. The highest BCUT2D eigenvalue weighted by atomic mass is 16.5. The van der Waals surface area contributed by atoms with Crippen molar-refractivity contribution >= 4 is 34.2 Å². The van der Waals surface area contributed by atoms with Crippen molar-refractivity contribution < 1.29 is 9.53 Å². The molecule has 1 N–H and O–H groups in total. The molecule has 3 heteroatoms. The van der Waals surface area contributed by atoms with Gasteiger partial charge < -0.3 is 10.1 Å². The first-order chi connectivity index (χ1) is 12.2. The summed E-state index contributed by atoms with van der Waals surface area (Å²) in [5.41, 5.74) is 4.36. The van der Waals surface area contributed by atoms with Crippen molar-refractivity contribution in [3.05, 3.63) is 71.8 Å². The highest BCUT2D eigenvalue weighted by Gasteiger charge is 2.12. The van der Waals surface area contributed by atoms with Gasteiger partial charge in [0, 0.05) is 12.1 Å². The van der Waals surface area contributed by atoms with Crippen molar-refractivity contribution in [1.29, 1.82) is 0 Å². The maximum absolute atomic E-state index is 11.6. The molecule has 0 unspecified atom stereocenters. The van der Waals surface area contributed by atoms with Crippen LogP contribution in [0.5, 0.6) is 5.75 Å². The number of hydrogen-bond donors (Lipinski definition) is 1. The SMILES string of the molecule is CCC(=O)Oc1ccccc1Nc1cc2c3c(cccc3c1)C=CC2. The van der Waals surface area contributed by atoms with Crippen LogP contribution >= 0.6 is 0 Å². The lowest BCUT2D eigenvalue weighted by molar-refractivity contribution is -0.133. The molecule has 1 aliphatic carbocycles. The summed E-state index contributed by atoms with van der Waals surface area (Å²) >= 11 is 0. The first kappa shape index (κ1) is 15.5. The standard InChI is InChI=1S/C22H19NO2/c1-2-21(24)25-20-12-4-3-11-19(20)23-18-13-16-9-5-7-15-8-6-10-17(14-18)22(15)16/h3-9,11-14,23H,2,10H2,1H3. The molecule has 0 fully saturated rings. The fourth-order valence-corrected chi connectivity index (χ4v) is 3.24. The Kier molecular flexibility index (Phi) is 3.98. The van der Waals surface area contributed by atoms with Crippen LogP contribution in [0.1, 0.15) is 24.5 Å². The molecule has 3 aromatic carbocycles. The lowest BCUT2D eigenvalue weighted by Crippen LogP contribution is -2.07. The Morgan fingerprint density at radius 3 is 2.88 bits per heavy atom. The molecule has 25 heavy (non-hydrogen) atoms. The van der Waals surface area contributed by atoms with Gasteiger partial charge in [-0.2, -0.15) is 0 Å². The van der Waals surface area contributed by atoms with E-state index in [9.17, 15) is 4.79 Å². The minimum absolute atomic E-state index is 0.238. The van der Waals surface area contributed by atoms with Crippen molar-refractivity contribution in [2.24, 2.45) is 0 Å². The van der Waals surface area contributed by atoms with Gasteiger partial charge in [-0.3, -0.25) is 4.79 Å². The maximum atomic E-state index is 11.6. The van der Waals surface area contributed by atoms with E-state index in [2.05, 4.69) is 47.8 Å². The van der Waals surface area contributed by atoms with Crippen LogP contribution < -0.4 is 10.1 Å². The summed E-state index contributed by atoms with van der Waals surface area (Å²) in [5.74, 6) is 0.314. The van der Waals surface area contributed by atoms with Crippen LogP contribution in [0.2, 0.25) is 0 Å². The minimum atomic E-state index is -0.238. The van der Waals surface area contributed by atoms with E-state index in [1.165, 1.54) is 21.9 Å². The second-order valence-corrected chi connectivity index (χ2v) is 6.14. The van der Waals surface area contributed by atoms with Crippen LogP contribution in [-0.4, -0.2) is 5.97 Å². The molecule has 0 atom stereocenters. The normalized spacial score (nSPS) is 12.2. The number of hydrogen-bond acceptors (Lipinski definition) is 3. The third kappa shape index (κ3) is 3.01. The van der Waals surface area contributed by atoms with E-state index in [0.717, 1.165) is 17.8 Å². The first-order valence-corrected chi connectivity index (χ1v) is 8.53. The van der Waals surface area contributed by atoms with E-state index in [-0.39, 0.29) is 5.97 Å². The zero-order valence-electron chi connectivity index (χ0n) is 14.1. The molecule has 0 saturated carbocycles. The van der Waals surface area contributed by atoms with Crippen molar-refractivity contribution in [3.63, 3.8) is 0 Å². The largest absolute Gasteiger partial charge is 0.424 e. The summed E-state index contributed by atoms with van der Waals surface area (Å²) in [7, 11) is 0. The van der Waals surface area contributed by atoms with Crippen LogP contribution in [0.4, 0.5) is 11.4 Å². The minimum Gasteiger partial charge on any atom is -0.424 e. The Balaban J connectivity index is 1.72. The molecule has 0 saturated heterocycles. The van der Waals surface area contributed by atoms with Gasteiger partial charge in [-0.25, -0.2) is 0 Å². The molecular formula is C22H19NO2. The number of allylic oxidation sites excluding steroid dienone is 1. The number of esters is 1. The van der Waals surface area contributed by atoms with E-state index in [1.54, 1.807) is 6.92 Å². The van der Waals surface area contributed by atoms with Crippen LogP contribution in [0.3, 0.4) is 0 Å². The van der Waals surface area contributed by atoms with Crippen LogP contribution in [0.15, 0.2) is 60.7 Å². The van der Waals surface area contributed by atoms with Gasteiger partial charge in [0.2, 0.25) is 0 Å². The van der Waals surface area contributed by atoms with E-state index in [1.807, 2.05) is 24.3 Å². The number of rotatable bonds is 4. The molecule has 3 nitrogen and oxygen atoms in total. The van der Waals surface area contributed by atoms with Gasteiger partial charge in [0.05, 0.1) is 5.69 Å². The molecule has 0 spiro atoms. The molecule has 0 amide bonds. The van der Waals surface area contributed by atoms with Crippen molar-refractivity contribution in [2.45, 2.75) is 19.8 Å². The summed E-state index contributed by atoms with van der Waals surface area (Å²) in [6.07, 6.45) is 5.65. The number of para-hydroxylation sites is 2. The van der Waals surface area contributed by atoms with E-state index in [4.69, 9.17) is 4.74 Å². The Bertz CT molecular complexity index is 988. The monoisotopic (exact) mass is 329 g/mol. The van der Waals surface area contributed by atoms with Gasteiger partial charge >= 0.3 is 5.97 Å². The summed E-state index contributed by atoms with van der Waals surface area (Å²) < 4.78 is 5.43. The Morgan fingerprint density at radius 1 is 1.12 bits per heavy atom.